The predicted molar refractivity (Wildman–Crippen MR) is 77.3 cm³/mol. The fraction of sp³-hybridized carbons (Fsp3) is 1.00. The van der Waals surface area contributed by atoms with Crippen molar-refractivity contribution in [1.82, 2.24) is 0 Å². The first-order valence-corrected chi connectivity index (χ1v) is 8.14. The van der Waals surface area contributed by atoms with Gasteiger partial charge in [0.25, 0.3) is 0 Å². The van der Waals surface area contributed by atoms with Gasteiger partial charge < -0.3 is 5.73 Å². The zero-order valence-corrected chi connectivity index (χ0v) is 12.6. The van der Waals surface area contributed by atoms with Crippen LogP contribution in [0.25, 0.3) is 0 Å². The van der Waals surface area contributed by atoms with Gasteiger partial charge in [0.05, 0.1) is 0 Å². The van der Waals surface area contributed by atoms with E-state index in [1.54, 1.807) is 12.8 Å². The van der Waals surface area contributed by atoms with Gasteiger partial charge in [-0.05, 0) is 79.6 Å². The summed E-state index contributed by atoms with van der Waals surface area (Å²) < 4.78 is 0. The third kappa shape index (κ3) is 1.69. The molecule has 0 aromatic rings. The molecule has 4 rings (SSSR count). The lowest BCUT2D eigenvalue weighted by molar-refractivity contribution is -0.161. The molecule has 2 N–H and O–H groups in total. The van der Waals surface area contributed by atoms with Crippen molar-refractivity contribution in [3.8, 4) is 0 Å². The first-order chi connectivity index (χ1) is 8.44. The highest BCUT2D eigenvalue weighted by atomic mass is 14.7. The Kier molecular flexibility index (Phi) is 2.86. The van der Waals surface area contributed by atoms with Crippen LogP contribution in [0.2, 0.25) is 0 Å². The summed E-state index contributed by atoms with van der Waals surface area (Å²) in [5.41, 5.74) is 7.79. The van der Waals surface area contributed by atoms with Crippen LogP contribution in [-0.2, 0) is 0 Å². The van der Waals surface area contributed by atoms with Gasteiger partial charge in [-0.25, -0.2) is 0 Å². The van der Waals surface area contributed by atoms with Crippen LogP contribution >= 0.6 is 0 Å². The van der Waals surface area contributed by atoms with Gasteiger partial charge in [-0.15, -0.1) is 0 Å². The van der Waals surface area contributed by atoms with Gasteiger partial charge in [-0.1, -0.05) is 27.2 Å². The van der Waals surface area contributed by atoms with Gasteiger partial charge in [-0.2, -0.15) is 0 Å². The lowest BCUT2D eigenvalue weighted by Gasteiger charge is -2.67. The minimum absolute atomic E-state index is 0.351. The molecule has 4 saturated carbocycles. The summed E-state index contributed by atoms with van der Waals surface area (Å²) in [5.74, 6) is 2.06. The Morgan fingerprint density at radius 2 is 1.72 bits per heavy atom. The van der Waals surface area contributed by atoms with E-state index < -0.39 is 0 Å². The Labute approximate surface area is 113 Å². The molecule has 2 unspecified atom stereocenters. The van der Waals surface area contributed by atoms with Crippen LogP contribution in [0, 0.1) is 28.1 Å². The van der Waals surface area contributed by atoms with E-state index in [1.165, 1.54) is 38.5 Å². The fourth-order valence-corrected chi connectivity index (χ4v) is 6.28. The summed E-state index contributed by atoms with van der Waals surface area (Å²) in [5, 5.41) is 0. The molecule has 4 aliphatic rings. The molecule has 0 heterocycles. The van der Waals surface area contributed by atoms with Crippen molar-refractivity contribution in [3.63, 3.8) is 0 Å². The van der Waals surface area contributed by atoms with Crippen LogP contribution < -0.4 is 5.73 Å². The third-order valence-electron chi connectivity index (χ3n) is 6.91. The van der Waals surface area contributed by atoms with Gasteiger partial charge in [0.15, 0.2) is 0 Å². The molecule has 0 aromatic carbocycles. The Balaban J connectivity index is 1.94. The van der Waals surface area contributed by atoms with Crippen LogP contribution in [0.1, 0.15) is 72.1 Å². The number of hydrogen-bond acceptors (Lipinski definition) is 1. The molecular formula is C17H31N. The Bertz CT molecular complexity index is 317. The van der Waals surface area contributed by atoms with Gasteiger partial charge in [0.1, 0.15) is 0 Å². The smallest absolute Gasteiger partial charge is 0.00205 e. The number of nitrogens with two attached hydrogens (primary N) is 1. The maximum atomic E-state index is 6.14. The van der Waals surface area contributed by atoms with E-state index in [9.17, 15) is 0 Å². The average Bonchev–Trinajstić information content (AvgIpc) is 2.26. The minimum Gasteiger partial charge on any atom is -0.330 e. The topological polar surface area (TPSA) is 26.0 Å². The molecule has 4 fully saturated rings. The van der Waals surface area contributed by atoms with Crippen LogP contribution in [-0.4, -0.2) is 6.54 Å². The van der Waals surface area contributed by atoms with E-state index in [2.05, 4.69) is 20.8 Å². The Hall–Kier alpha value is -0.0400. The molecular weight excluding hydrogens is 218 g/mol. The maximum Gasteiger partial charge on any atom is -0.00205 e. The van der Waals surface area contributed by atoms with Gasteiger partial charge in [0, 0.05) is 0 Å². The Morgan fingerprint density at radius 3 is 2.22 bits per heavy atom. The molecule has 0 aliphatic heterocycles. The molecule has 0 saturated heterocycles. The highest BCUT2D eigenvalue weighted by Gasteiger charge is 2.61. The third-order valence-corrected chi connectivity index (χ3v) is 6.91. The minimum atomic E-state index is 0.351. The van der Waals surface area contributed by atoms with E-state index in [1.807, 2.05) is 0 Å². The summed E-state index contributed by atoms with van der Waals surface area (Å²) >= 11 is 0. The fourth-order valence-electron chi connectivity index (χ4n) is 6.28. The largest absolute Gasteiger partial charge is 0.330 e. The zero-order valence-electron chi connectivity index (χ0n) is 12.6. The second-order valence-electron chi connectivity index (χ2n) is 8.58. The molecule has 4 bridgehead atoms. The summed E-state index contributed by atoms with van der Waals surface area (Å²) in [6.45, 7) is 8.13. The average molecular weight is 249 g/mol. The standard InChI is InChI=1S/C17H31N/c1-4-5-16-7-13-6-14(8-16)10-17(9-13,11-16)15(2,3)12-18/h13-14H,4-12,18H2,1-3H3. The maximum absolute atomic E-state index is 6.14. The molecule has 0 amide bonds. The number of hydrogen-bond donors (Lipinski definition) is 1. The molecule has 4 aliphatic carbocycles. The van der Waals surface area contributed by atoms with Gasteiger partial charge in [-0.3, -0.25) is 0 Å². The van der Waals surface area contributed by atoms with Crippen LogP contribution in [0.15, 0.2) is 0 Å². The molecule has 0 spiro atoms. The van der Waals surface area contributed by atoms with Crippen molar-refractivity contribution in [3.05, 3.63) is 0 Å². The molecule has 18 heavy (non-hydrogen) atoms. The van der Waals surface area contributed by atoms with Crippen molar-refractivity contribution < 1.29 is 0 Å². The van der Waals surface area contributed by atoms with Crippen molar-refractivity contribution in [2.24, 2.45) is 33.8 Å². The van der Waals surface area contributed by atoms with E-state index in [4.69, 9.17) is 5.73 Å². The zero-order chi connectivity index (χ0) is 13.0. The molecule has 0 aromatic heterocycles. The first-order valence-electron chi connectivity index (χ1n) is 8.14. The highest BCUT2D eigenvalue weighted by molar-refractivity contribution is 5.11. The van der Waals surface area contributed by atoms with Crippen molar-refractivity contribution in [2.75, 3.05) is 6.54 Å². The second kappa shape index (κ2) is 3.98. The Morgan fingerprint density at radius 1 is 1.11 bits per heavy atom. The lowest BCUT2D eigenvalue weighted by atomic mass is 9.38. The summed E-state index contributed by atoms with van der Waals surface area (Å²) in [6.07, 6.45) is 11.9. The van der Waals surface area contributed by atoms with E-state index in [0.29, 0.717) is 16.2 Å². The molecule has 1 heteroatoms. The van der Waals surface area contributed by atoms with Gasteiger partial charge in [0.2, 0.25) is 0 Å². The van der Waals surface area contributed by atoms with Crippen molar-refractivity contribution in [1.29, 1.82) is 0 Å². The molecule has 104 valence electrons. The van der Waals surface area contributed by atoms with Crippen LogP contribution in [0.4, 0.5) is 0 Å². The normalized spacial score (nSPS) is 46.7. The summed E-state index contributed by atoms with van der Waals surface area (Å²) in [4.78, 5) is 0. The molecule has 2 atom stereocenters. The van der Waals surface area contributed by atoms with Crippen molar-refractivity contribution in [2.45, 2.75) is 72.1 Å². The van der Waals surface area contributed by atoms with Crippen LogP contribution in [0.3, 0.4) is 0 Å². The predicted octanol–water partition coefficient (Wildman–Crippen LogP) is 4.36. The lowest BCUT2D eigenvalue weighted by Crippen LogP contribution is -2.58. The second-order valence-corrected chi connectivity index (χ2v) is 8.58. The van der Waals surface area contributed by atoms with Gasteiger partial charge >= 0.3 is 0 Å². The first kappa shape index (κ1) is 13.0. The quantitative estimate of drug-likeness (QED) is 0.787. The summed E-state index contributed by atoms with van der Waals surface area (Å²) in [6, 6.07) is 0. The molecule has 0 radical (unpaired) electrons. The summed E-state index contributed by atoms with van der Waals surface area (Å²) in [7, 11) is 0. The van der Waals surface area contributed by atoms with E-state index in [-0.39, 0.29) is 0 Å². The highest BCUT2D eigenvalue weighted by Crippen LogP contribution is 2.70. The SMILES string of the molecule is CCCC12CC3CC(C1)CC(C(C)(C)CN)(C3)C2. The number of rotatable bonds is 4. The monoisotopic (exact) mass is 249 g/mol. The van der Waals surface area contributed by atoms with Crippen LogP contribution in [0.5, 0.6) is 0 Å². The van der Waals surface area contributed by atoms with E-state index in [0.717, 1.165) is 18.4 Å². The van der Waals surface area contributed by atoms with E-state index >= 15 is 0 Å². The molecule has 1 nitrogen and oxygen atoms in total. The van der Waals surface area contributed by atoms with Crippen molar-refractivity contribution >= 4 is 0 Å².